The molecule has 13 heavy (non-hydrogen) atoms. The highest BCUT2D eigenvalue weighted by molar-refractivity contribution is 6.46. The number of rotatable bonds is 2. The van der Waals surface area contributed by atoms with E-state index in [9.17, 15) is 14.6 Å². The van der Waals surface area contributed by atoms with E-state index in [2.05, 4.69) is 4.74 Å². The van der Waals surface area contributed by atoms with E-state index in [1.165, 1.54) is 18.7 Å². The number of carbonyl (C=O) groups excluding carboxylic acids is 2. The van der Waals surface area contributed by atoms with Gasteiger partial charge in [0.2, 0.25) is 0 Å². The van der Waals surface area contributed by atoms with E-state index in [1.807, 2.05) is 0 Å². The Bertz CT molecular complexity index is 231. The summed E-state index contributed by atoms with van der Waals surface area (Å²) >= 11 is 0. The predicted octanol–water partition coefficient (Wildman–Crippen LogP) is -1.09. The molecule has 0 unspecified atom stereocenters. The first-order chi connectivity index (χ1) is 6.06. The molecule has 0 amide bonds. The van der Waals surface area contributed by atoms with Crippen LogP contribution in [0.25, 0.3) is 0 Å². The normalized spacial score (nSPS) is 23.3. The summed E-state index contributed by atoms with van der Waals surface area (Å²) in [6.07, 6.45) is 0.136. The molecule has 0 saturated carbocycles. The Morgan fingerprint density at radius 2 is 2.38 bits per heavy atom. The maximum Gasteiger partial charge on any atom is 0.377 e. The van der Waals surface area contributed by atoms with Crippen molar-refractivity contribution in [1.82, 2.24) is 4.81 Å². The lowest BCUT2D eigenvalue weighted by Crippen LogP contribution is -2.45. The van der Waals surface area contributed by atoms with Crippen LogP contribution in [0.1, 0.15) is 6.42 Å². The largest absolute Gasteiger partial charge is 0.468 e. The molecule has 0 aromatic heterocycles. The van der Waals surface area contributed by atoms with Gasteiger partial charge in [0.05, 0.1) is 7.11 Å². The van der Waals surface area contributed by atoms with Gasteiger partial charge in [0.1, 0.15) is 11.8 Å². The zero-order valence-corrected chi connectivity index (χ0v) is 7.69. The number of nitrogens with zero attached hydrogens (tertiary/aromatic N) is 1. The van der Waals surface area contributed by atoms with Crippen LogP contribution < -0.4 is 0 Å². The minimum absolute atomic E-state index is 0.0451. The Hall–Kier alpha value is -0.875. The lowest BCUT2D eigenvalue weighted by molar-refractivity contribution is -0.144. The van der Waals surface area contributed by atoms with Gasteiger partial charge in [-0.3, -0.25) is 14.4 Å². The van der Waals surface area contributed by atoms with Gasteiger partial charge in [-0.2, -0.15) is 0 Å². The zero-order chi connectivity index (χ0) is 10.0. The lowest BCUT2D eigenvalue weighted by atomic mass is 9.84. The second-order valence-corrected chi connectivity index (χ2v) is 3.09. The molecule has 1 rings (SSSR count). The van der Waals surface area contributed by atoms with Crippen LogP contribution in [0.4, 0.5) is 0 Å². The molecule has 0 aromatic carbocycles. The molecule has 0 radical (unpaired) electrons. The summed E-state index contributed by atoms with van der Waals surface area (Å²) in [5.41, 5.74) is 0. The fraction of sp³-hybridized carbons (Fsp3) is 0.714. The summed E-state index contributed by atoms with van der Waals surface area (Å²) in [4.78, 5) is 23.6. The van der Waals surface area contributed by atoms with E-state index in [1.54, 1.807) is 0 Å². The summed E-state index contributed by atoms with van der Waals surface area (Å²) in [5, 5.41) is 9.25. The van der Waals surface area contributed by atoms with E-state index in [0.29, 0.717) is 0 Å². The van der Waals surface area contributed by atoms with E-state index in [4.69, 9.17) is 0 Å². The first-order valence-electron chi connectivity index (χ1n) is 4.09. The molecule has 0 aromatic rings. The Kier molecular flexibility index (Phi) is 3.05. The van der Waals surface area contributed by atoms with Gasteiger partial charge in [0.15, 0.2) is 0 Å². The average molecular weight is 185 g/mol. The van der Waals surface area contributed by atoms with Gasteiger partial charge in [-0.25, -0.2) is 0 Å². The fourth-order valence-electron chi connectivity index (χ4n) is 1.46. The topological polar surface area (TPSA) is 66.8 Å². The number of carbonyl (C=O) groups is 2. The molecule has 0 bridgehead atoms. The molecule has 72 valence electrons. The maximum absolute atomic E-state index is 11.1. The van der Waals surface area contributed by atoms with E-state index >= 15 is 0 Å². The number of hydrogen-bond donors (Lipinski definition) is 1. The standard InChI is InChI=1S/C7H12BNO4/c1-8(12)9-4-5(10)3-6(9)7(11)13-2/h6,12H,3-4H2,1-2H3/t6-/m0/s1. The second-order valence-electron chi connectivity index (χ2n) is 3.09. The van der Waals surface area contributed by atoms with Crippen LogP contribution in [0.2, 0.25) is 6.82 Å². The van der Waals surface area contributed by atoms with Crippen LogP contribution in [0.3, 0.4) is 0 Å². The number of ether oxygens (including phenoxy) is 1. The van der Waals surface area contributed by atoms with Crippen molar-refractivity contribution in [2.24, 2.45) is 0 Å². The van der Waals surface area contributed by atoms with Crippen LogP contribution in [0, 0.1) is 0 Å². The molecule has 1 aliphatic heterocycles. The summed E-state index contributed by atoms with van der Waals surface area (Å²) in [5.74, 6) is -0.511. The molecule has 5 nitrogen and oxygen atoms in total. The molecule has 1 fully saturated rings. The van der Waals surface area contributed by atoms with Crippen molar-refractivity contribution < 1.29 is 19.3 Å². The minimum atomic E-state index is -0.796. The van der Waals surface area contributed by atoms with E-state index in [0.717, 1.165) is 0 Å². The number of Topliss-reactive ketones (excluding diaryl/α,β-unsaturated/α-hetero) is 1. The highest BCUT2D eigenvalue weighted by Gasteiger charge is 2.39. The van der Waals surface area contributed by atoms with Crippen LogP contribution >= 0.6 is 0 Å². The lowest BCUT2D eigenvalue weighted by Gasteiger charge is -2.21. The Morgan fingerprint density at radius 3 is 2.85 bits per heavy atom. The zero-order valence-electron chi connectivity index (χ0n) is 7.69. The number of esters is 1. The van der Waals surface area contributed by atoms with Gasteiger partial charge in [-0.1, -0.05) is 0 Å². The van der Waals surface area contributed by atoms with E-state index in [-0.39, 0.29) is 18.7 Å². The molecule has 0 spiro atoms. The van der Waals surface area contributed by atoms with Crippen LogP contribution in [0.15, 0.2) is 0 Å². The Morgan fingerprint density at radius 1 is 1.77 bits per heavy atom. The third-order valence-electron chi connectivity index (χ3n) is 2.13. The Labute approximate surface area is 76.8 Å². The number of hydrogen-bond acceptors (Lipinski definition) is 5. The summed E-state index contributed by atoms with van der Waals surface area (Å²) in [6.45, 7) is 1.64. The first kappa shape index (κ1) is 10.2. The molecule has 1 N–H and O–H groups in total. The van der Waals surface area contributed by atoms with Crippen molar-refractivity contribution in [2.45, 2.75) is 19.3 Å². The molecule has 6 heteroatoms. The third kappa shape index (κ3) is 2.08. The van der Waals surface area contributed by atoms with Gasteiger partial charge in [-0.15, -0.1) is 0 Å². The molecule has 0 aliphatic carbocycles. The fourth-order valence-corrected chi connectivity index (χ4v) is 1.46. The highest BCUT2D eigenvalue weighted by atomic mass is 16.5. The van der Waals surface area contributed by atoms with Gasteiger partial charge >= 0.3 is 13.0 Å². The van der Waals surface area contributed by atoms with Crippen molar-refractivity contribution in [3.05, 3.63) is 0 Å². The SMILES string of the molecule is COC(=O)[C@@H]1CC(=O)CN1B(C)O. The molecule has 1 saturated heterocycles. The molecule has 1 atom stereocenters. The van der Waals surface area contributed by atoms with Crippen molar-refractivity contribution in [2.75, 3.05) is 13.7 Å². The average Bonchev–Trinajstić information content (AvgIpc) is 2.46. The van der Waals surface area contributed by atoms with Crippen LogP contribution in [-0.4, -0.2) is 48.3 Å². The van der Waals surface area contributed by atoms with Gasteiger partial charge in [-0.05, 0) is 6.82 Å². The molecule has 1 aliphatic rings. The summed E-state index contributed by atoms with van der Waals surface area (Å²) < 4.78 is 4.52. The van der Waals surface area contributed by atoms with Crippen molar-refractivity contribution in [3.63, 3.8) is 0 Å². The summed E-state index contributed by atoms with van der Waals surface area (Å²) in [6, 6.07) is -0.613. The molecular formula is C7H12BNO4. The van der Waals surface area contributed by atoms with Gasteiger partial charge in [0.25, 0.3) is 0 Å². The van der Waals surface area contributed by atoms with Gasteiger partial charge < -0.3 is 9.76 Å². The predicted molar refractivity (Wildman–Crippen MR) is 46.0 cm³/mol. The van der Waals surface area contributed by atoms with Crippen molar-refractivity contribution in [3.8, 4) is 0 Å². The van der Waals surface area contributed by atoms with Crippen molar-refractivity contribution in [1.29, 1.82) is 0 Å². The monoisotopic (exact) mass is 185 g/mol. The second kappa shape index (κ2) is 3.89. The highest BCUT2D eigenvalue weighted by Crippen LogP contribution is 2.16. The minimum Gasteiger partial charge on any atom is -0.468 e. The third-order valence-corrected chi connectivity index (χ3v) is 2.13. The first-order valence-corrected chi connectivity index (χ1v) is 4.09. The smallest absolute Gasteiger partial charge is 0.377 e. The quantitative estimate of drug-likeness (QED) is 0.437. The maximum atomic E-state index is 11.1. The number of methoxy groups -OCH3 is 1. The summed E-state index contributed by atoms with van der Waals surface area (Å²) in [7, 11) is 0.473. The van der Waals surface area contributed by atoms with Gasteiger partial charge in [0, 0.05) is 13.0 Å². The molecular weight excluding hydrogens is 173 g/mol. The van der Waals surface area contributed by atoms with Crippen LogP contribution in [0.5, 0.6) is 0 Å². The Balaban J connectivity index is 2.71. The van der Waals surface area contributed by atoms with Crippen LogP contribution in [-0.2, 0) is 14.3 Å². The molecule has 1 heterocycles. The number of ketones is 1. The van der Waals surface area contributed by atoms with E-state index < -0.39 is 19.1 Å². The van der Waals surface area contributed by atoms with Crippen molar-refractivity contribution >= 4 is 18.8 Å².